The maximum Gasteiger partial charge on any atom is 0.512 e. The Bertz CT molecular complexity index is 368. The summed E-state index contributed by atoms with van der Waals surface area (Å²) in [5.41, 5.74) is -1.23. The van der Waals surface area contributed by atoms with Crippen LogP contribution in [-0.2, 0) is 4.74 Å². The molecule has 0 aromatic heterocycles. The summed E-state index contributed by atoms with van der Waals surface area (Å²) in [4.78, 5) is 0. The summed E-state index contributed by atoms with van der Waals surface area (Å²) in [6, 6.07) is 2.52. The second-order valence-electron chi connectivity index (χ2n) is 3.30. The number of hydrogen-bond donors (Lipinski definition) is 0. The molecule has 0 aliphatic heterocycles. The highest BCUT2D eigenvalue weighted by molar-refractivity contribution is 6.73. The fourth-order valence-corrected chi connectivity index (χ4v) is 1.23. The Morgan fingerprint density at radius 3 is 2.41 bits per heavy atom. The van der Waals surface area contributed by atoms with Gasteiger partial charge in [0.25, 0.3) is 0 Å². The quantitative estimate of drug-likeness (QED) is 0.438. The molecule has 1 aromatic rings. The standard InChI is InChI=1S/C10H12BF4O2/c1-2-16-5-6-17-8-3-4-9(10(12)7-8)11(13,14)15/h3-4,7H,2,5-6H2,1H3/q-1. The Balaban J connectivity index is 2.63. The summed E-state index contributed by atoms with van der Waals surface area (Å²) in [6.07, 6.45) is 0. The molecule has 0 unspecified atom stereocenters. The van der Waals surface area contributed by atoms with E-state index in [0.717, 1.165) is 12.1 Å². The van der Waals surface area contributed by atoms with Crippen LogP contribution in [-0.4, -0.2) is 26.8 Å². The molecule has 0 heterocycles. The van der Waals surface area contributed by atoms with Gasteiger partial charge in [-0.1, -0.05) is 11.5 Å². The first-order valence-electron chi connectivity index (χ1n) is 5.15. The van der Waals surface area contributed by atoms with Crippen LogP contribution in [0.4, 0.5) is 17.3 Å². The summed E-state index contributed by atoms with van der Waals surface area (Å²) < 4.78 is 60.0. The van der Waals surface area contributed by atoms with Crippen molar-refractivity contribution in [1.29, 1.82) is 0 Å². The van der Waals surface area contributed by atoms with Gasteiger partial charge in [-0.25, -0.2) is 4.39 Å². The maximum absolute atomic E-state index is 13.1. The number of halogens is 4. The van der Waals surface area contributed by atoms with Crippen LogP contribution in [0.3, 0.4) is 0 Å². The van der Waals surface area contributed by atoms with Gasteiger partial charge in [-0.2, -0.15) is 0 Å². The van der Waals surface area contributed by atoms with E-state index in [-0.39, 0.29) is 12.4 Å². The molecule has 0 aliphatic rings. The molecule has 17 heavy (non-hydrogen) atoms. The molecule has 0 atom stereocenters. The van der Waals surface area contributed by atoms with Gasteiger partial charge in [-0.15, -0.1) is 0 Å². The van der Waals surface area contributed by atoms with E-state index in [1.807, 2.05) is 0 Å². The molecule has 0 bridgehead atoms. The Hall–Kier alpha value is -1.24. The Morgan fingerprint density at radius 2 is 1.88 bits per heavy atom. The molecule has 7 heteroatoms. The molecule has 1 aromatic carbocycles. The maximum atomic E-state index is 13.1. The molecule has 2 nitrogen and oxygen atoms in total. The Labute approximate surface area is 96.6 Å². The fourth-order valence-electron chi connectivity index (χ4n) is 1.23. The van der Waals surface area contributed by atoms with E-state index in [1.165, 1.54) is 0 Å². The van der Waals surface area contributed by atoms with Crippen molar-refractivity contribution in [2.75, 3.05) is 19.8 Å². The molecule has 96 valence electrons. The minimum Gasteiger partial charge on any atom is -0.491 e. The van der Waals surface area contributed by atoms with Crippen LogP contribution in [0.25, 0.3) is 0 Å². The predicted octanol–water partition coefficient (Wildman–Crippen LogP) is 2.30. The van der Waals surface area contributed by atoms with Gasteiger partial charge < -0.3 is 22.4 Å². The number of rotatable bonds is 6. The minimum atomic E-state index is -5.32. The lowest BCUT2D eigenvalue weighted by atomic mass is 9.80. The zero-order valence-electron chi connectivity index (χ0n) is 9.26. The second kappa shape index (κ2) is 5.91. The van der Waals surface area contributed by atoms with Crippen LogP contribution >= 0.6 is 0 Å². The van der Waals surface area contributed by atoms with Gasteiger partial charge in [0, 0.05) is 12.7 Å². The zero-order valence-corrected chi connectivity index (χ0v) is 9.26. The van der Waals surface area contributed by atoms with Crippen LogP contribution in [0.5, 0.6) is 5.75 Å². The third-order valence-corrected chi connectivity index (χ3v) is 2.03. The highest BCUT2D eigenvalue weighted by Crippen LogP contribution is 2.16. The lowest BCUT2D eigenvalue weighted by molar-refractivity contribution is 0.110. The van der Waals surface area contributed by atoms with Crippen molar-refractivity contribution in [3.05, 3.63) is 24.0 Å². The van der Waals surface area contributed by atoms with E-state index in [0.29, 0.717) is 19.3 Å². The molecule has 0 aliphatic carbocycles. The zero-order chi connectivity index (χ0) is 12.9. The minimum absolute atomic E-state index is 0.0611. The van der Waals surface area contributed by atoms with Gasteiger partial charge >= 0.3 is 6.98 Å². The third kappa shape index (κ3) is 4.26. The molecular weight excluding hydrogens is 239 g/mol. The second-order valence-corrected chi connectivity index (χ2v) is 3.30. The van der Waals surface area contributed by atoms with Crippen LogP contribution < -0.4 is 10.2 Å². The van der Waals surface area contributed by atoms with Gasteiger partial charge in [-0.05, 0) is 13.0 Å². The van der Waals surface area contributed by atoms with Gasteiger partial charge in [0.2, 0.25) is 0 Å². The molecular formula is C10H12BF4O2-. The van der Waals surface area contributed by atoms with Crippen LogP contribution in [0.15, 0.2) is 18.2 Å². The fraction of sp³-hybridized carbons (Fsp3) is 0.400. The number of benzene rings is 1. The monoisotopic (exact) mass is 251 g/mol. The first kappa shape index (κ1) is 13.8. The number of ether oxygens (including phenoxy) is 2. The summed E-state index contributed by atoms with van der Waals surface area (Å²) in [5, 5.41) is 0. The van der Waals surface area contributed by atoms with Crippen molar-refractivity contribution in [2.45, 2.75) is 6.92 Å². The lowest BCUT2D eigenvalue weighted by Gasteiger charge is -2.16. The van der Waals surface area contributed by atoms with E-state index in [2.05, 4.69) is 0 Å². The molecule has 0 saturated carbocycles. The molecule has 1 rings (SSSR count). The summed E-state index contributed by atoms with van der Waals surface area (Å²) in [5.74, 6) is -1.25. The first-order chi connectivity index (χ1) is 7.95. The van der Waals surface area contributed by atoms with Crippen LogP contribution in [0.1, 0.15) is 6.92 Å². The van der Waals surface area contributed by atoms with Crippen molar-refractivity contribution in [2.24, 2.45) is 0 Å². The smallest absolute Gasteiger partial charge is 0.491 e. The highest BCUT2D eigenvalue weighted by atomic mass is 19.4. The molecule has 0 fully saturated rings. The average molecular weight is 251 g/mol. The molecule has 0 spiro atoms. The molecule has 0 N–H and O–H groups in total. The normalized spacial score (nSPS) is 11.6. The number of hydrogen-bond acceptors (Lipinski definition) is 2. The summed E-state index contributed by atoms with van der Waals surface area (Å²) >= 11 is 0. The molecule has 0 amide bonds. The summed E-state index contributed by atoms with van der Waals surface area (Å²) in [7, 11) is 0. The highest BCUT2D eigenvalue weighted by Gasteiger charge is 2.28. The van der Waals surface area contributed by atoms with E-state index in [4.69, 9.17) is 9.47 Å². The van der Waals surface area contributed by atoms with Crippen LogP contribution in [0, 0.1) is 5.82 Å². The largest absolute Gasteiger partial charge is 0.512 e. The van der Waals surface area contributed by atoms with E-state index in [1.54, 1.807) is 6.92 Å². The van der Waals surface area contributed by atoms with Crippen molar-refractivity contribution in [1.82, 2.24) is 0 Å². The third-order valence-electron chi connectivity index (χ3n) is 2.03. The van der Waals surface area contributed by atoms with Gasteiger partial charge in [0.1, 0.15) is 12.4 Å². The Morgan fingerprint density at radius 1 is 1.18 bits per heavy atom. The first-order valence-corrected chi connectivity index (χ1v) is 5.15. The van der Waals surface area contributed by atoms with Crippen molar-refractivity contribution in [3.8, 4) is 5.75 Å². The molecule has 0 saturated heterocycles. The summed E-state index contributed by atoms with van der Waals surface area (Å²) in [6.45, 7) is -2.52. The van der Waals surface area contributed by atoms with Gasteiger partial charge in [0.05, 0.1) is 12.4 Å². The van der Waals surface area contributed by atoms with Crippen molar-refractivity contribution < 1.29 is 26.8 Å². The SMILES string of the molecule is CCOCCOc1ccc([B-](F)(F)F)c(F)c1. The van der Waals surface area contributed by atoms with Crippen molar-refractivity contribution in [3.63, 3.8) is 0 Å². The van der Waals surface area contributed by atoms with Gasteiger partial charge in [0.15, 0.2) is 0 Å². The Kier molecular flexibility index (Phi) is 4.80. The van der Waals surface area contributed by atoms with E-state index < -0.39 is 18.3 Å². The average Bonchev–Trinajstić information content (AvgIpc) is 2.23. The predicted molar refractivity (Wildman–Crippen MR) is 57.1 cm³/mol. The van der Waals surface area contributed by atoms with E-state index >= 15 is 0 Å². The lowest BCUT2D eigenvalue weighted by Crippen LogP contribution is -2.36. The van der Waals surface area contributed by atoms with E-state index in [9.17, 15) is 17.3 Å². The topological polar surface area (TPSA) is 18.5 Å². The van der Waals surface area contributed by atoms with Crippen LogP contribution in [0.2, 0.25) is 0 Å². The van der Waals surface area contributed by atoms with Crippen molar-refractivity contribution >= 4 is 12.4 Å². The van der Waals surface area contributed by atoms with Gasteiger partial charge in [-0.3, -0.25) is 0 Å². The molecule has 0 radical (unpaired) electrons.